The van der Waals surface area contributed by atoms with Crippen LogP contribution in [0.3, 0.4) is 0 Å². The summed E-state index contributed by atoms with van der Waals surface area (Å²) in [5.41, 5.74) is 0.231. The van der Waals surface area contributed by atoms with Crippen LogP contribution in [0.15, 0.2) is 18.2 Å². The molecule has 0 spiro atoms. The maximum absolute atomic E-state index is 12.2. The van der Waals surface area contributed by atoms with Gasteiger partial charge in [-0.25, -0.2) is 0 Å². The highest BCUT2D eigenvalue weighted by Gasteiger charge is 2.39. The van der Waals surface area contributed by atoms with Crippen molar-refractivity contribution in [2.75, 3.05) is 25.0 Å². The standard InChI is InChI=1S/C14H17N3O4/c18-10-1-2-11(12(19)4-10)16-14(21)8-3-13(20)17(7-8)9-5-15-6-9/h1-2,4,8-9,15,18-19H,3,5-7H2,(H,16,21). The van der Waals surface area contributed by atoms with E-state index in [1.165, 1.54) is 12.1 Å². The van der Waals surface area contributed by atoms with E-state index in [0.717, 1.165) is 19.2 Å². The molecule has 1 aromatic carbocycles. The minimum Gasteiger partial charge on any atom is -0.508 e. The molecule has 2 amide bonds. The Balaban J connectivity index is 1.64. The number of phenolic OH excluding ortho intramolecular Hbond substituents is 2. The molecule has 0 radical (unpaired) electrons. The maximum atomic E-state index is 12.2. The van der Waals surface area contributed by atoms with Crippen molar-refractivity contribution < 1.29 is 19.8 Å². The van der Waals surface area contributed by atoms with Crippen molar-refractivity contribution in [1.29, 1.82) is 0 Å². The number of benzene rings is 1. The van der Waals surface area contributed by atoms with Gasteiger partial charge in [-0.05, 0) is 12.1 Å². The smallest absolute Gasteiger partial charge is 0.229 e. The van der Waals surface area contributed by atoms with Crippen LogP contribution >= 0.6 is 0 Å². The number of carbonyl (C=O) groups is 2. The Hall–Kier alpha value is -2.28. The SMILES string of the molecule is O=C(Nc1ccc(O)cc1O)C1CC(=O)N(C2CNC2)C1. The van der Waals surface area contributed by atoms with Gasteiger partial charge in [-0.3, -0.25) is 9.59 Å². The second-order valence-corrected chi connectivity index (χ2v) is 5.45. The molecule has 2 heterocycles. The summed E-state index contributed by atoms with van der Waals surface area (Å²) >= 11 is 0. The van der Waals surface area contributed by atoms with Crippen LogP contribution in [0.4, 0.5) is 5.69 Å². The molecular weight excluding hydrogens is 274 g/mol. The average Bonchev–Trinajstić information content (AvgIpc) is 2.73. The number of anilines is 1. The van der Waals surface area contributed by atoms with Crippen molar-refractivity contribution in [3.8, 4) is 11.5 Å². The first kappa shape index (κ1) is 13.7. The molecule has 1 unspecified atom stereocenters. The Labute approximate surface area is 121 Å². The van der Waals surface area contributed by atoms with Crippen molar-refractivity contribution in [1.82, 2.24) is 10.2 Å². The highest BCUT2D eigenvalue weighted by Crippen LogP contribution is 2.29. The van der Waals surface area contributed by atoms with Gasteiger partial charge in [0.2, 0.25) is 11.8 Å². The van der Waals surface area contributed by atoms with Crippen LogP contribution in [0, 0.1) is 5.92 Å². The Kier molecular flexibility index (Phi) is 3.42. The molecule has 7 nitrogen and oxygen atoms in total. The first-order valence-electron chi connectivity index (χ1n) is 6.87. The average molecular weight is 291 g/mol. The predicted octanol–water partition coefficient (Wildman–Crippen LogP) is -0.143. The Bertz CT molecular complexity index is 586. The number of amides is 2. The van der Waals surface area contributed by atoms with E-state index < -0.39 is 5.92 Å². The summed E-state index contributed by atoms with van der Waals surface area (Å²) in [7, 11) is 0. The van der Waals surface area contributed by atoms with Crippen LogP contribution in [0.25, 0.3) is 0 Å². The molecule has 0 bridgehead atoms. The number of nitrogens with zero attached hydrogens (tertiary/aromatic N) is 1. The van der Waals surface area contributed by atoms with Crippen molar-refractivity contribution in [2.45, 2.75) is 12.5 Å². The molecular formula is C14H17N3O4. The van der Waals surface area contributed by atoms with Crippen LogP contribution in [-0.4, -0.2) is 52.6 Å². The fraction of sp³-hybridized carbons (Fsp3) is 0.429. The molecule has 0 aromatic heterocycles. The normalized spacial score (nSPS) is 22.2. The Morgan fingerprint density at radius 2 is 2.10 bits per heavy atom. The summed E-state index contributed by atoms with van der Waals surface area (Å²) in [5, 5.41) is 24.6. The van der Waals surface area contributed by atoms with E-state index in [-0.39, 0.29) is 41.5 Å². The number of phenols is 2. The number of aromatic hydroxyl groups is 2. The van der Waals surface area contributed by atoms with Crippen LogP contribution in [0.1, 0.15) is 6.42 Å². The zero-order valence-electron chi connectivity index (χ0n) is 11.4. The third kappa shape index (κ3) is 2.64. The van der Waals surface area contributed by atoms with E-state index in [0.29, 0.717) is 6.54 Å². The summed E-state index contributed by atoms with van der Waals surface area (Å²) in [6.07, 6.45) is 0.196. The molecule has 0 aliphatic carbocycles. The molecule has 2 aliphatic rings. The fourth-order valence-corrected chi connectivity index (χ4v) is 2.61. The molecule has 1 aromatic rings. The van der Waals surface area contributed by atoms with Crippen molar-refractivity contribution in [3.63, 3.8) is 0 Å². The first-order chi connectivity index (χ1) is 10.0. The van der Waals surface area contributed by atoms with Gasteiger partial charge in [-0.2, -0.15) is 0 Å². The number of likely N-dealkylation sites (tertiary alicyclic amines) is 1. The zero-order valence-corrected chi connectivity index (χ0v) is 11.4. The molecule has 2 fully saturated rings. The lowest BCUT2D eigenvalue weighted by Gasteiger charge is -2.35. The van der Waals surface area contributed by atoms with E-state index in [1.54, 1.807) is 4.90 Å². The number of hydrogen-bond acceptors (Lipinski definition) is 5. The highest BCUT2D eigenvalue weighted by molar-refractivity contribution is 5.98. The monoisotopic (exact) mass is 291 g/mol. The number of carbonyl (C=O) groups excluding carboxylic acids is 2. The molecule has 112 valence electrons. The summed E-state index contributed by atoms with van der Waals surface area (Å²) in [6, 6.07) is 4.15. The number of rotatable bonds is 3. The molecule has 3 rings (SSSR count). The Morgan fingerprint density at radius 3 is 2.71 bits per heavy atom. The second kappa shape index (κ2) is 5.25. The van der Waals surface area contributed by atoms with Gasteiger partial charge in [0.15, 0.2) is 0 Å². The summed E-state index contributed by atoms with van der Waals surface area (Å²) in [6.45, 7) is 1.97. The zero-order chi connectivity index (χ0) is 15.0. The van der Waals surface area contributed by atoms with Crippen LogP contribution in [-0.2, 0) is 9.59 Å². The van der Waals surface area contributed by atoms with Gasteiger partial charge in [0.05, 0.1) is 17.6 Å². The van der Waals surface area contributed by atoms with Crippen LogP contribution in [0.5, 0.6) is 11.5 Å². The first-order valence-corrected chi connectivity index (χ1v) is 6.87. The highest BCUT2D eigenvalue weighted by atomic mass is 16.3. The van der Waals surface area contributed by atoms with Gasteiger partial charge in [-0.1, -0.05) is 0 Å². The lowest BCUT2D eigenvalue weighted by Crippen LogP contribution is -2.57. The quantitative estimate of drug-likeness (QED) is 0.458. The molecule has 2 saturated heterocycles. The lowest BCUT2D eigenvalue weighted by molar-refractivity contribution is -0.130. The molecule has 0 saturated carbocycles. The largest absolute Gasteiger partial charge is 0.508 e. The maximum Gasteiger partial charge on any atom is 0.229 e. The number of nitrogens with one attached hydrogen (secondary N) is 2. The lowest BCUT2D eigenvalue weighted by atomic mass is 10.1. The second-order valence-electron chi connectivity index (χ2n) is 5.45. The van der Waals surface area contributed by atoms with Crippen LogP contribution in [0.2, 0.25) is 0 Å². The fourth-order valence-electron chi connectivity index (χ4n) is 2.61. The van der Waals surface area contributed by atoms with Gasteiger partial charge < -0.3 is 25.7 Å². The molecule has 7 heteroatoms. The van der Waals surface area contributed by atoms with E-state index in [1.807, 2.05) is 0 Å². The van der Waals surface area contributed by atoms with Gasteiger partial charge in [0.1, 0.15) is 11.5 Å². The van der Waals surface area contributed by atoms with Gasteiger partial charge in [-0.15, -0.1) is 0 Å². The predicted molar refractivity (Wildman–Crippen MR) is 74.9 cm³/mol. The summed E-state index contributed by atoms with van der Waals surface area (Å²) in [4.78, 5) is 25.9. The van der Waals surface area contributed by atoms with Crippen molar-refractivity contribution >= 4 is 17.5 Å². The van der Waals surface area contributed by atoms with Crippen molar-refractivity contribution in [3.05, 3.63) is 18.2 Å². The van der Waals surface area contributed by atoms with E-state index in [9.17, 15) is 19.8 Å². The molecule has 21 heavy (non-hydrogen) atoms. The molecule has 2 aliphatic heterocycles. The van der Waals surface area contributed by atoms with Crippen LogP contribution < -0.4 is 10.6 Å². The third-order valence-electron chi connectivity index (χ3n) is 3.97. The minimum absolute atomic E-state index is 0.00317. The molecule has 1 atom stereocenters. The number of hydrogen-bond donors (Lipinski definition) is 4. The minimum atomic E-state index is -0.411. The van der Waals surface area contributed by atoms with Gasteiger partial charge in [0.25, 0.3) is 0 Å². The van der Waals surface area contributed by atoms with E-state index in [4.69, 9.17) is 0 Å². The van der Waals surface area contributed by atoms with E-state index in [2.05, 4.69) is 10.6 Å². The Morgan fingerprint density at radius 1 is 1.33 bits per heavy atom. The summed E-state index contributed by atoms with van der Waals surface area (Å²) in [5.74, 6) is -0.986. The van der Waals surface area contributed by atoms with Gasteiger partial charge in [0, 0.05) is 32.1 Å². The van der Waals surface area contributed by atoms with E-state index >= 15 is 0 Å². The van der Waals surface area contributed by atoms with Crippen molar-refractivity contribution in [2.24, 2.45) is 5.92 Å². The van der Waals surface area contributed by atoms with Gasteiger partial charge >= 0.3 is 0 Å². The molecule has 4 N–H and O–H groups in total. The third-order valence-corrected chi connectivity index (χ3v) is 3.97. The summed E-state index contributed by atoms with van der Waals surface area (Å²) < 4.78 is 0. The topological polar surface area (TPSA) is 102 Å².